The van der Waals surface area contributed by atoms with E-state index >= 15 is 0 Å². The molecule has 1 aliphatic rings. The zero-order valence-corrected chi connectivity index (χ0v) is 21.2. The Morgan fingerprint density at radius 2 is 1.34 bits per heavy atom. The molecule has 38 heavy (non-hydrogen) atoms. The summed E-state index contributed by atoms with van der Waals surface area (Å²) in [4.78, 5) is 41.0. The predicted octanol–water partition coefficient (Wildman–Crippen LogP) is 4.44. The van der Waals surface area contributed by atoms with Crippen molar-refractivity contribution < 1.29 is 9.90 Å². The lowest BCUT2D eigenvalue weighted by atomic mass is 9.98. The second kappa shape index (κ2) is 9.82. The molecule has 2 heterocycles. The molecule has 0 radical (unpaired) electrons. The molecule has 1 amide bonds. The summed E-state index contributed by atoms with van der Waals surface area (Å²) in [5, 5.41) is 17.2. The summed E-state index contributed by atoms with van der Waals surface area (Å²) in [5.41, 5.74) is 1.17. The minimum atomic E-state index is -0.747. The van der Waals surface area contributed by atoms with Crippen LogP contribution in [0.1, 0.15) is 25.0 Å². The highest BCUT2D eigenvalue weighted by atomic mass is 16.3. The summed E-state index contributed by atoms with van der Waals surface area (Å²) in [5.74, 6) is -1.14. The molecule has 0 unspecified atom stereocenters. The van der Waals surface area contributed by atoms with Crippen molar-refractivity contribution in [3.05, 3.63) is 122 Å². The minimum Gasteiger partial charge on any atom is -0.494 e. The van der Waals surface area contributed by atoms with E-state index in [-0.39, 0.29) is 17.1 Å². The second-order valence-electron chi connectivity index (χ2n) is 9.27. The Balaban J connectivity index is 1.79. The van der Waals surface area contributed by atoms with Crippen LogP contribution in [0.4, 0.5) is 5.69 Å². The Morgan fingerprint density at radius 1 is 0.789 bits per heavy atom. The van der Waals surface area contributed by atoms with Crippen LogP contribution in [0.3, 0.4) is 0 Å². The van der Waals surface area contributed by atoms with Gasteiger partial charge in [0.05, 0.1) is 28.3 Å². The van der Waals surface area contributed by atoms with Gasteiger partial charge in [0.15, 0.2) is 0 Å². The van der Waals surface area contributed by atoms with Crippen molar-refractivity contribution in [3.8, 4) is 17.3 Å². The van der Waals surface area contributed by atoms with E-state index in [1.807, 2.05) is 39.0 Å². The van der Waals surface area contributed by atoms with Gasteiger partial charge in [0.1, 0.15) is 5.56 Å². The first-order valence-electron chi connectivity index (χ1n) is 12.2. The van der Waals surface area contributed by atoms with Gasteiger partial charge < -0.3 is 5.11 Å². The number of hydrogen-bond donors (Lipinski definition) is 1. The fourth-order valence-corrected chi connectivity index (χ4v) is 4.46. The third-order valence-electron chi connectivity index (χ3n) is 6.38. The summed E-state index contributed by atoms with van der Waals surface area (Å²) >= 11 is 0. The zero-order chi connectivity index (χ0) is 27.0. The molecule has 4 aromatic rings. The van der Waals surface area contributed by atoms with Gasteiger partial charge in [-0.2, -0.15) is 10.1 Å². The molecule has 0 saturated carbocycles. The molecule has 0 bridgehead atoms. The number of para-hydroxylation sites is 3. The van der Waals surface area contributed by atoms with E-state index in [0.717, 1.165) is 14.7 Å². The number of nitrogens with zero attached hydrogens (tertiary/aromatic N) is 4. The molecule has 0 fully saturated rings. The van der Waals surface area contributed by atoms with Gasteiger partial charge >= 0.3 is 5.69 Å². The molecule has 0 spiro atoms. The van der Waals surface area contributed by atoms with Crippen LogP contribution in [0.25, 0.3) is 17.5 Å². The number of aromatic nitrogens is 2. The van der Waals surface area contributed by atoms with Gasteiger partial charge in [-0.15, -0.1) is 0 Å². The lowest BCUT2D eigenvalue weighted by molar-refractivity contribution is -0.114. The van der Waals surface area contributed by atoms with Crippen molar-refractivity contribution in [1.29, 1.82) is 0 Å². The smallest absolute Gasteiger partial charge is 0.343 e. The third-order valence-corrected chi connectivity index (χ3v) is 6.38. The van der Waals surface area contributed by atoms with E-state index in [2.05, 4.69) is 5.10 Å². The number of aryl methyl sites for hydroxylation is 1. The van der Waals surface area contributed by atoms with Crippen LogP contribution < -0.4 is 16.3 Å². The molecule has 0 atom stereocenters. The molecule has 1 N–H and O–H groups in total. The average molecular weight is 507 g/mol. The van der Waals surface area contributed by atoms with Gasteiger partial charge in [-0.3, -0.25) is 9.59 Å². The fourth-order valence-electron chi connectivity index (χ4n) is 4.46. The number of aromatic hydroxyl groups is 1. The van der Waals surface area contributed by atoms with Crippen LogP contribution in [0.2, 0.25) is 0 Å². The molecule has 3 aromatic carbocycles. The van der Waals surface area contributed by atoms with Gasteiger partial charge in [-0.1, -0.05) is 68.4 Å². The molecule has 8 heteroatoms. The molecular formula is C30H26N4O4. The maximum Gasteiger partial charge on any atom is 0.343 e. The number of carbonyl (C=O) groups is 1. The highest BCUT2D eigenvalue weighted by Crippen LogP contribution is 2.30. The molecule has 1 aliphatic heterocycles. The van der Waals surface area contributed by atoms with Crippen LogP contribution in [0.15, 0.2) is 105 Å². The summed E-state index contributed by atoms with van der Waals surface area (Å²) in [6.07, 6.45) is 1.34. The minimum absolute atomic E-state index is 0.155. The number of amides is 1. The van der Waals surface area contributed by atoms with Crippen molar-refractivity contribution in [3.63, 3.8) is 0 Å². The highest BCUT2D eigenvalue weighted by Gasteiger charge is 2.34. The molecule has 0 saturated heterocycles. The number of carbonyl (C=O) groups excluding carboxylic acids is 1. The summed E-state index contributed by atoms with van der Waals surface area (Å²) in [6, 6.07) is 24.4. The topological polar surface area (TPSA) is 96.9 Å². The van der Waals surface area contributed by atoms with Crippen molar-refractivity contribution in [2.24, 2.45) is 11.0 Å². The lowest BCUT2D eigenvalue weighted by Crippen LogP contribution is -2.39. The molecule has 5 rings (SSSR count). The third kappa shape index (κ3) is 4.16. The monoisotopic (exact) mass is 506 g/mol. The van der Waals surface area contributed by atoms with Crippen molar-refractivity contribution in [2.75, 3.05) is 5.01 Å². The lowest BCUT2D eigenvalue weighted by Gasteiger charge is -2.16. The van der Waals surface area contributed by atoms with Gasteiger partial charge in [-0.05, 0) is 54.8 Å². The van der Waals surface area contributed by atoms with E-state index in [0.29, 0.717) is 22.8 Å². The van der Waals surface area contributed by atoms with Gasteiger partial charge in [0.2, 0.25) is 5.88 Å². The maximum absolute atomic E-state index is 13.8. The highest BCUT2D eigenvalue weighted by molar-refractivity contribution is 6.33. The number of hydrazone groups is 1. The van der Waals surface area contributed by atoms with Crippen LogP contribution >= 0.6 is 0 Å². The number of anilines is 1. The Hall–Kier alpha value is -4.98. The first-order chi connectivity index (χ1) is 18.3. The Morgan fingerprint density at radius 3 is 1.92 bits per heavy atom. The SMILES string of the molecule is Cc1ccccc1N1N=C(C(C)C)/C(=C/c2c(O)n(-c3ccccc3)c(=O)n(-c3ccccc3)c2=O)C1=O. The van der Waals surface area contributed by atoms with E-state index in [9.17, 15) is 19.5 Å². The van der Waals surface area contributed by atoms with Crippen LogP contribution in [-0.2, 0) is 4.79 Å². The van der Waals surface area contributed by atoms with Crippen LogP contribution in [0.5, 0.6) is 5.88 Å². The van der Waals surface area contributed by atoms with Crippen molar-refractivity contribution in [2.45, 2.75) is 20.8 Å². The number of hydrogen-bond acceptors (Lipinski definition) is 5. The fraction of sp³-hybridized carbons (Fsp3) is 0.133. The molecular weight excluding hydrogens is 480 g/mol. The standard InChI is InChI=1S/C30H26N4O4/c1-19(2)26-23(29(37)34(31-26)25-17-11-10-12-20(25)3)18-24-27(35)32(21-13-6-4-7-14-21)30(38)33(28(24)36)22-15-8-5-9-16-22/h4-19,35H,1-3H3/b23-18-. The Bertz CT molecular complexity index is 1720. The zero-order valence-electron chi connectivity index (χ0n) is 21.2. The van der Waals surface area contributed by atoms with Gasteiger partial charge in [0, 0.05) is 0 Å². The number of rotatable bonds is 5. The average Bonchev–Trinajstić information content (AvgIpc) is 3.24. The van der Waals surface area contributed by atoms with Gasteiger partial charge in [-0.25, -0.2) is 13.9 Å². The van der Waals surface area contributed by atoms with E-state index in [1.54, 1.807) is 66.7 Å². The largest absolute Gasteiger partial charge is 0.494 e. The normalized spacial score (nSPS) is 14.4. The quantitative estimate of drug-likeness (QED) is 0.405. The maximum atomic E-state index is 13.8. The van der Waals surface area contributed by atoms with E-state index in [1.165, 1.54) is 11.1 Å². The Labute approximate surface area is 219 Å². The van der Waals surface area contributed by atoms with Gasteiger partial charge in [0.25, 0.3) is 11.5 Å². The summed E-state index contributed by atoms with van der Waals surface area (Å²) in [7, 11) is 0. The Kier molecular flexibility index (Phi) is 6.38. The van der Waals surface area contributed by atoms with E-state index in [4.69, 9.17) is 0 Å². The molecule has 0 aliphatic carbocycles. The molecule has 190 valence electrons. The van der Waals surface area contributed by atoms with Crippen molar-refractivity contribution in [1.82, 2.24) is 9.13 Å². The first kappa shape index (κ1) is 24.7. The molecule has 1 aromatic heterocycles. The summed E-state index contributed by atoms with van der Waals surface area (Å²) < 4.78 is 2.05. The first-order valence-corrected chi connectivity index (χ1v) is 12.2. The second-order valence-corrected chi connectivity index (χ2v) is 9.27. The van der Waals surface area contributed by atoms with Crippen molar-refractivity contribution >= 4 is 23.4 Å². The number of benzene rings is 3. The van der Waals surface area contributed by atoms with Crippen LogP contribution in [0, 0.1) is 12.8 Å². The predicted molar refractivity (Wildman–Crippen MR) is 148 cm³/mol. The summed E-state index contributed by atoms with van der Waals surface area (Å²) in [6.45, 7) is 5.68. The van der Waals surface area contributed by atoms with E-state index < -0.39 is 23.0 Å². The molecule has 8 nitrogen and oxygen atoms in total. The van der Waals surface area contributed by atoms with Crippen LogP contribution in [-0.4, -0.2) is 25.9 Å².